The first-order valence-corrected chi connectivity index (χ1v) is 8.00. The number of carbonyl (C=O) groups is 1. The summed E-state index contributed by atoms with van der Waals surface area (Å²) < 4.78 is 0. The molecule has 2 saturated heterocycles. The van der Waals surface area contributed by atoms with Crippen molar-refractivity contribution in [1.82, 2.24) is 15.1 Å². The molecule has 0 aromatic rings. The smallest absolute Gasteiger partial charge is 0.236 e. The SMILES string of the molecule is CCC1CCCN(C(=O)CN2CCCNCC2)CC1. The van der Waals surface area contributed by atoms with Gasteiger partial charge in [0, 0.05) is 26.2 Å². The Labute approximate surface area is 117 Å². The Morgan fingerprint density at radius 1 is 1.11 bits per heavy atom. The second-order valence-corrected chi connectivity index (χ2v) is 5.97. The van der Waals surface area contributed by atoms with Crippen molar-refractivity contribution in [2.75, 3.05) is 45.8 Å². The summed E-state index contributed by atoms with van der Waals surface area (Å²) in [6.07, 6.45) is 6.11. The maximum Gasteiger partial charge on any atom is 0.236 e. The molecule has 0 bridgehead atoms. The van der Waals surface area contributed by atoms with Crippen molar-refractivity contribution in [3.05, 3.63) is 0 Å². The van der Waals surface area contributed by atoms with E-state index >= 15 is 0 Å². The zero-order valence-electron chi connectivity index (χ0n) is 12.4. The van der Waals surface area contributed by atoms with E-state index in [1.165, 1.54) is 25.7 Å². The Hall–Kier alpha value is -0.610. The molecule has 19 heavy (non-hydrogen) atoms. The Morgan fingerprint density at radius 2 is 2.00 bits per heavy atom. The third-order valence-electron chi connectivity index (χ3n) is 4.57. The lowest BCUT2D eigenvalue weighted by Gasteiger charge is -2.25. The van der Waals surface area contributed by atoms with E-state index in [-0.39, 0.29) is 0 Å². The van der Waals surface area contributed by atoms with E-state index in [9.17, 15) is 4.79 Å². The van der Waals surface area contributed by atoms with Gasteiger partial charge >= 0.3 is 0 Å². The van der Waals surface area contributed by atoms with Crippen molar-refractivity contribution >= 4 is 5.91 Å². The molecule has 2 fully saturated rings. The number of nitrogens with one attached hydrogen (secondary N) is 1. The lowest BCUT2D eigenvalue weighted by Crippen LogP contribution is -2.42. The standard InChI is InChI=1S/C15H29N3O/c1-2-14-5-3-10-18(11-6-14)15(19)13-17-9-4-7-16-8-12-17/h14,16H,2-13H2,1H3. The van der Waals surface area contributed by atoms with Gasteiger partial charge in [-0.2, -0.15) is 0 Å². The van der Waals surface area contributed by atoms with Gasteiger partial charge in [-0.3, -0.25) is 9.69 Å². The summed E-state index contributed by atoms with van der Waals surface area (Å²) in [5.74, 6) is 1.18. The molecule has 1 N–H and O–H groups in total. The van der Waals surface area contributed by atoms with E-state index in [2.05, 4.69) is 22.0 Å². The monoisotopic (exact) mass is 267 g/mol. The molecule has 0 spiro atoms. The van der Waals surface area contributed by atoms with Crippen LogP contribution in [0.1, 0.15) is 39.0 Å². The van der Waals surface area contributed by atoms with Gasteiger partial charge in [0.2, 0.25) is 5.91 Å². The highest BCUT2D eigenvalue weighted by molar-refractivity contribution is 5.78. The van der Waals surface area contributed by atoms with Crippen molar-refractivity contribution in [1.29, 1.82) is 0 Å². The first-order valence-electron chi connectivity index (χ1n) is 8.00. The molecule has 110 valence electrons. The summed E-state index contributed by atoms with van der Waals surface area (Å²) in [5.41, 5.74) is 0. The molecule has 0 radical (unpaired) electrons. The zero-order valence-corrected chi connectivity index (χ0v) is 12.4. The highest BCUT2D eigenvalue weighted by Gasteiger charge is 2.21. The van der Waals surface area contributed by atoms with E-state index in [4.69, 9.17) is 0 Å². The van der Waals surface area contributed by atoms with E-state index in [1.54, 1.807) is 0 Å². The Bertz CT molecular complexity index is 275. The summed E-state index contributed by atoms with van der Waals surface area (Å²) in [6.45, 7) is 9.02. The zero-order chi connectivity index (χ0) is 13.5. The van der Waals surface area contributed by atoms with Crippen LogP contribution in [0.4, 0.5) is 0 Å². The maximum absolute atomic E-state index is 12.4. The molecule has 2 aliphatic heterocycles. The minimum absolute atomic E-state index is 0.346. The van der Waals surface area contributed by atoms with Crippen molar-refractivity contribution in [3.8, 4) is 0 Å². The van der Waals surface area contributed by atoms with Crippen molar-refractivity contribution < 1.29 is 4.79 Å². The molecular weight excluding hydrogens is 238 g/mol. The molecule has 1 atom stereocenters. The summed E-state index contributed by atoms with van der Waals surface area (Å²) >= 11 is 0. The Morgan fingerprint density at radius 3 is 2.84 bits per heavy atom. The van der Waals surface area contributed by atoms with Gasteiger partial charge in [-0.1, -0.05) is 13.3 Å². The Balaban J connectivity index is 1.78. The summed E-state index contributed by atoms with van der Waals surface area (Å²) in [6, 6.07) is 0. The molecule has 2 rings (SSSR count). The van der Waals surface area contributed by atoms with Gasteiger partial charge in [0.15, 0.2) is 0 Å². The molecule has 0 saturated carbocycles. The van der Waals surface area contributed by atoms with Crippen LogP contribution in [0.25, 0.3) is 0 Å². The molecule has 4 heteroatoms. The fraction of sp³-hybridized carbons (Fsp3) is 0.933. The third-order valence-corrected chi connectivity index (χ3v) is 4.57. The normalized spacial score (nSPS) is 26.8. The quantitative estimate of drug-likeness (QED) is 0.838. The van der Waals surface area contributed by atoms with E-state index in [0.717, 1.165) is 51.6 Å². The molecule has 0 aromatic carbocycles. The highest BCUT2D eigenvalue weighted by Crippen LogP contribution is 2.20. The molecule has 0 aromatic heterocycles. The van der Waals surface area contributed by atoms with Gasteiger partial charge in [-0.15, -0.1) is 0 Å². The molecule has 4 nitrogen and oxygen atoms in total. The summed E-state index contributed by atoms with van der Waals surface area (Å²) in [5, 5.41) is 3.39. The average Bonchev–Trinajstić information content (AvgIpc) is 2.80. The van der Waals surface area contributed by atoms with Crippen LogP contribution in [0.3, 0.4) is 0 Å². The van der Waals surface area contributed by atoms with E-state index in [1.807, 2.05) is 0 Å². The number of carbonyl (C=O) groups excluding carboxylic acids is 1. The molecule has 2 aliphatic rings. The van der Waals surface area contributed by atoms with E-state index in [0.29, 0.717) is 12.5 Å². The molecule has 1 amide bonds. The van der Waals surface area contributed by atoms with Crippen LogP contribution in [-0.2, 0) is 4.79 Å². The first kappa shape index (κ1) is 14.8. The second-order valence-electron chi connectivity index (χ2n) is 5.97. The fourth-order valence-electron chi connectivity index (χ4n) is 3.17. The first-order chi connectivity index (χ1) is 9.29. The van der Waals surface area contributed by atoms with Crippen LogP contribution in [0, 0.1) is 5.92 Å². The molecule has 2 heterocycles. The van der Waals surface area contributed by atoms with Crippen LogP contribution in [0.15, 0.2) is 0 Å². The lowest BCUT2D eigenvalue weighted by atomic mass is 9.98. The molecule has 0 aliphatic carbocycles. The van der Waals surface area contributed by atoms with Gasteiger partial charge in [0.1, 0.15) is 0 Å². The van der Waals surface area contributed by atoms with Gasteiger partial charge in [-0.05, 0) is 44.7 Å². The van der Waals surface area contributed by atoms with Crippen LogP contribution < -0.4 is 5.32 Å². The second kappa shape index (κ2) is 7.85. The van der Waals surface area contributed by atoms with E-state index < -0.39 is 0 Å². The fourth-order valence-corrected chi connectivity index (χ4v) is 3.17. The number of nitrogens with zero attached hydrogens (tertiary/aromatic N) is 2. The Kier molecular flexibility index (Phi) is 6.11. The summed E-state index contributed by atoms with van der Waals surface area (Å²) in [4.78, 5) is 16.8. The van der Waals surface area contributed by atoms with Crippen LogP contribution in [0.2, 0.25) is 0 Å². The van der Waals surface area contributed by atoms with Crippen LogP contribution >= 0.6 is 0 Å². The van der Waals surface area contributed by atoms with Crippen molar-refractivity contribution in [2.45, 2.75) is 39.0 Å². The van der Waals surface area contributed by atoms with Crippen molar-refractivity contribution in [3.63, 3.8) is 0 Å². The highest BCUT2D eigenvalue weighted by atomic mass is 16.2. The third kappa shape index (κ3) is 4.77. The number of hydrogen-bond acceptors (Lipinski definition) is 3. The summed E-state index contributed by atoms with van der Waals surface area (Å²) in [7, 11) is 0. The predicted molar refractivity (Wildman–Crippen MR) is 78.1 cm³/mol. The van der Waals surface area contributed by atoms with Crippen molar-refractivity contribution in [2.24, 2.45) is 5.92 Å². The van der Waals surface area contributed by atoms with Gasteiger partial charge in [0.05, 0.1) is 6.54 Å². The predicted octanol–water partition coefficient (Wildman–Crippen LogP) is 1.32. The van der Waals surface area contributed by atoms with Gasteiger partial charge in [0.25, 0.3) is 0 Å². The maximum atomic E-state index is 12.4. The molecular formula is C15H29N3O. The number of likely N-dealkylation sites (tertiary alicyclic amines) is 1. The number of amides is 1. The topological polar surface area (TPSA) is 35.6 Å². The number of hydrogen-bond donors (Lipinski definition) is 1. The average molecular weight is 267 g/mol. The van der Waals surface area contributed by atoms with Crippen LogP contribution in [-0.4, -0.2) is 61.5 Å². The lowest BCUT2D eigenvalue weighted by molar-refractivity contribution is -0.132. The largest absolute Gasteiger partial charge is 0.342 e. The number of rotatable bonds is 3. The van der Waals surface area contributed by atoms with Crippen LogP contribution in [0.5, 0.6) is 0 Å². The van der Waals surface area contributed by atoms with Gasteiger partial charge in [-0.25, -0.2) is 0 Å². The minimum atomic E-state index is 0.346. The minimum Gasteiger partial charge on any atom is -0.342 e. The molecule has 1 unspecified atom stereocenters. The van der Waals surface area contributed by atoms with Gasteiger partial charge < -0.3 is 10.2 Å².